The quantitative estimate of drug-likeness (QED) is 0.0318. The van der Waals surface area contributed by atoms with Crippen molar-refractivity contribution in [3.8, 4) is 33.8 Å². The molecule has 3 aromatic heterocycles. The molecule has 7 aromatic rings. The van der Waals surface area contributed by atoms with Gasteiger partial charge in [0.15, 0.2) is 11.0 Å². The van der Waals surface area contributed by atoms with Crippen LogP contribution in [0, 0.1) is 0 Å². The van der Waals surface area contributed by atoms with E-state index in [0.29, 0.717) is 132 Å². The van der Waals surface area contributed by atoms with Crippen molar-refractivity contribution in [2.24, 2.45) is 0 Å². The Kier molecular flexibility index (Phi) is 21.4. The average molecular weight is 1090 g/mol. The van der Waals surface area contributed by atoms with E-state index in [1.165, 1.54) is 13.2 Å². The topological polar surface area (TPSA) is 230 Å². The van der Waals surface area contributed by atoms with Crippen molar-refractivity contribution in [2.45, 2.75) is 51.6 Å². The van der Waals surface area contributed by atoms with E-state index in [4.69, 9.17) is 44.4 Å². The van der Waals surface area contributed by atoms with E-state index >= 15 is 0 Å². The molecular weight excluding hydrogens is 1030 g/mol. The van der Waals surface area contributed by atoms with Crippen LogP contribution in [0.4, 0.5) is 11.4 Å². The second-order valence-corrected chi connectivity index (χ2v) is 21.0. The van der Waals surface area contributed by atoms with Crippen molar-refractivity contribution >= 4 is 63.7 Å². The van der Waals surface area contributed by atoms with Crippen LogP contribution >= 0.6 is 6.72 Å². The number of para-hydroxylation sites is 1. The summed E-state index contributed by atoms with van der Waals surface area (Å²) in [6.07, 6.45) is 4.82. The van der Waals surface area contributed by atoms with Crippen LogP contribution in [0.5, 0.6) is 0 Å². The van der Waals surface area contributed by atoms with E-state index in [2.05, 4.69) is 35.0 Å². The summed E-state index contributed by atoms with van der Waals surface area (Å²) in [6.45, 7) is 3.20. The van der Waals surface area contributed by atoms with Crippen LogP contribution in [0.3, 0.4) is 0 Å². The summed E-state index contributed by atoms with van der Waals surface area (Å²) in [5.74, 6) is 0.130. The lowest BCUT2D eigenvalue weighted by molar-refractivity contribution is -0.204. The molecule has 0 aliphatic carbocycles. The fourth-order valence-electron chi connectivity index (χ4n) is 8.78. The zero-order valence-electron chi connectivity index (χ0n) is 43.5. The predicted molar refractivity (Wildman–Crippen MR) is 295 cm³/mol. The van der Waals surface area contributed by atoms with Gasteiger partial charge in [0.1, 0.15) is 23.7 Å². The van der Waals surface area contributed by atoms with Crippen molar-refractivity contribution in [1.29, 1.82) is 0 Å². The van der Waals surface area contributed by atoms with Gasteiger partial charge in [0.25, 0.3) is 0 Å². The summed E-state index contributed by atoms with van der Waals surface area (Å²) in [7, 11) is 3.26. The van der Waals surface area contributed by atoms with Gasteiger partial charge in [0.05, 0.1) is 114 Å². The molecule has 410 valence electrons. The van der Waals surface area contributed by atoms with Gasteiger partial charge in [-0.3, -0.25) is 14.4 Å². The van der Waals surface area contributed by atoms with Gasteiger partial charge >= 0.3 is 0 Å². The molecule has 4 aromatic carbocycles. The van der Waals surface area contributed by atoms with Crippen LogP contribution in [0.1, 0.15) is 44.1 Å². The number of anilines is 2. The molecule has 0 bridgehead atoms. The van der Waals surface area contributed by atoms with Gasteiger partial charge in [-0.2, -0.15) is 0 Å². The minimum atomic E-state index is -3.38. The summed E-state index contributed by atoms with van der Waals surface area (Å²) in [5.41, 5.74) is 8.41. The molecule has 0 saturated heterocycles. The number of H-pyrrole nitrogens is 1. The Morgan fingerprint density at radius 1 is 0.805 bits per heavy atom. The molecule has 4 heterocycles. The second-order valence-electron chi connectivity index (χ2n) is 18.1. The minimum Gasteiger partial charge on any atom is -0.780 e. The Hall–Kier alpha value is -6.23. The van der Waals surface area contributed by atoms with Crippen LogP contribution in [-0.4, -0.2) is 137 Å². The first-order chi connectivity index (χ1) is 37.6. The van der Waals surface area contributed by atoms with Gasteiger partial charge in [-0.25, -0.2) is 9.67 Å². The van der Waals surface area contributed by atoms with Gasteiger partial charge in [0.2, 0.25) is 11.8 Å². The Balaban J connectivity index is 0.672. The van der Waals surface area contributed by atoms with Crippen molar-refractivity contribution in [2.75, 3.05) is 110 Å². The first-order valence-corrected chi connectivity index (χ1v) is 28.5. The monoisotopic (exact) mass is 1090 g/mol. The fourth-order valence-corrected chi connectivity index (χ4v) is 9.46. The molecule has 1 aliphatic rings. The van der Waals surface area contributed by atoms with Crippen LogP contribution < -0.4 is 25.4 Å². The molecule has 0 spiro atoms. The van der Waals surface area contributed by atoms with Gasteiger partial charge in [0, 0.05) is 68.5 Å². The van der Waals surface area contributed by atoms with E-state index in [1.54, 1.807) is 17.3 Å². The van der Waals surface area contributed by atoms with Gasteiger partial charge in [-0.15, -0.1) is 5.10 Å². The molecule has 0 radical (unpaired) electrons. The first-order valence-electron chi connectivity index (χ1n) is 25.9. The maximum atomic E-state index is 13.9. The van der Waals surface area contributed by atoms with Gasteiger partial charge in [-0.1, -0.05) is 72.3 Å². The standard InChI is InChI=1S/C55H67N8O12PS/c1-61(42-17-15-40(16-18-42)49-37-48(64)45-19-20-46-53(55(45)75-49)58-39-57-46)24-27-69-29-31-71-33-35-73-36-34-72-32-30-70-28-25-63-54-43-12-6-5-11-41(43)38-62(47-14-8-7-13-44(47)52(54)59-60-63)51(66)22-21-50(65)56-23-9-3-4-10-26-74-76(67,77)68-2/h5-8,11-20,37,39H,3-4,9-10,21-36,38H2,1-2H3,(H,56,65)(H,57,58)(H,67,77)/p-1. The third-order valence-electron chi connectivity index (χ3n) is 12.9. The summed E-state index contributed by atoms with van der Waals surface area (Å²) in [4.78, 5) is 62.4. The van der Waals surface area contributed by atoms with E-state index in [1.807, 2.05) is 90.6 Å². The maximum absolute atomic E-state index is 13.9. The van der Waals surface area contributed by atoms with E-state index in [-0.39, 0.29) is 36.7 Å². The first kappa shape index (κ1) is 57.0. The number of fused-ring (bicyclic) bond motifs is 8. The Labute approximate surface area is 452 Å². The smallest absolute Gasteiger partial charge is 0.227 e. The number of unbranched alkanes of at least 4 members (excludes halogenated alkanes) is 3. The number of aromatic nitrogens is 5. The number of hydrogen-bond acceptors (Lipinski definition) is 17. The number of likely N-dealkylation sites (N-methyl/N-ethyl adjacent to an activating group) is 1. The molecule has 20 nitrogen and oxygen atoms in total. The lowest BCUT2D eigenvalue weighted by atomic mass is 9.95. The highest BCUT2D eigenvalue weighted by Gasteiger charge is 2.29. The third-order valence-corrected chi connectivity index (χ3v) is 14.6. The number of ether oxygens (including phenoxy) is 5. The molecule has 0 fully saturated rings. The molecule has 0 saturated carbocycles. The minimum absolute atomic E-state index is 0.0391. The highest BCUT2D eigenvalue weighted by molar-refractivity contribution is 8.06. The average Bonchev–Trinajstić information content (AvgIpc) is 4.11. The maximum Gasteiger partial charge on any atom is 0.227 e. The molecule has 8 rings (SSSR count). The van der Waals surface area contributed by atoms with Gasteiger partial charge < -0.3 is 62.1 Å². The zero-order valence-corrected chi connectivity index (χ0v) is 45.2. The van der Waals surface area contributed by atoms with Crippen LogP contribution in [0.25, 0.3) is 55.8 Å². The summed E-state index contributed by atoms with van der Waals surface area (Å²) in [6, 6.07) is 28.5. The van der Waals surface area contributed by atoms with E-state index in [9.17, 15) is 19.3 Å². The SMILES string of the molecule is COP([O-])(=S)OCCCCCCNC(=O)CCC(=O)N1Cc2ccccc2-c2c(nnn2CCOCCOCCOCCOCCOCCN(C)c2ccc(-c3cc(=O)c4ccc5[nH]cnc5c4o3)cc2)-c2ccccc21. The number of hydrogen-bond donors (Lipinski definition) is 2. The highest BCUT2D eigenvalue weighted by Crippen LogP contribution is 2.41. The van der Waals surface area contributed by atoms with Crippen molar-refractivity contribution in [1.82, 2.24) is 30.3 Å². The summed E-state index contributed by atoms with van der Waals surface area (Å²) in [5, 5.41) is 12.6. The number of aromatic amines is 1. The molecule has 77 heavy (non-hydrogen) atoms. The fraction of sp³-hybridized carbons (Fsp3) is 0.418. The van der Waals surface area contributed by atoms with Crippen molar-refractivity contribution < 1.29 is 51.6 Å². The zero-order chi connectivity index (χ0) is 53.8. The molecule has 1 atom stereocenters. The Bertz CT molecular complexity index is 3130. The molecular formula is C55H66N8O12PS-. The molecule has 1 aliphatic heterocycles. The number of benzene rings is 4. The predicted octanol–water partition coefficient (Wildman–Crippen LogP) is 7.03. The number of carbonyl (C=O) groups is 2. The lowest BCUT2D eigenvalue weighted by Crippen LogP contribution is -2.33. The normalized spacial score (nSPS) is 12.9. The van der Waals surface area contributed by atoms with Crippen molar-refractivity contribution in [3.63, 3.8) is 0 Å². The molecule has 2 amide bonds. The number of rotatable bonds is 32. The van der Waals surface area contributed by atoms with Crippen LogP contribution in [-0.2, 0) is 67.2 Å². The highest BCUT2D eigenvalue weighted by atomic mass is 32.5. The summed E-state index contributed by atoms with van der Waals surface area (Å²) >= 11 is 4.72. The van der Waals surface area contributed by atoms with Gasteiger partial charge in [-0.05, 0) is 60.9 Å². The van der Waals surface area contributed by atoms with Crippen LogP contribution in [0.15, 0.2) is 107 Å². The number of amides is 2. The second kappa shape index (κ2) is 28.9. The summed E-state index contributed by atoms with van der Waals surface area (Å²) < 4.78 is 46.5. The lowest BCUT2D eigenvalue weighted by Gasteiger charge is -2.28. The molecule has 2 N–H and O–H groups in total. The van der Waals surface area contributed by atoms with E-state index in [0.717, 1.165) is 58.4 Å². The third kappa shape index (κ3) is 15.9. The number of imidazole rings is 1. The largest absolute Gasteiger partial charge is 0.780 e. The van der Waals surface area contributed by atoms with Crippen molar-refractivity contribution in [3.05, 3.63) is 113 Å². The van der Waals surface area contributed by atoms with E-state index < -0.39 is 6.72 Å². The molecule has 1 unspecified atom stereocenters. The Morgan fingerprint density at radius 2 is 1.48 bits per heavy atom. The number of nitrogens with zero attached hydrogens (tertiary/aromatic N) is 6. The Morgan fingerprint density at radius 3 is 2.22 bits per heavy atom. The number of carbonyl (C=O) groups excluding carboxylic acids is 2. The number of nitrogens with one attached hydrogen (secondary N) is 2. The van der Waals surface area contributed by atoms with Crippen LogP contribution in [0.2, 0.25) is 0 Å². The molecule has 22 heteroatoms.